The third kappa shape index (κ3) is 7.10. The Morgan fingerprint density at radius 3 is 2.04 bits per heavy atom. The summed E-state index contributed by atoms with van der Waals surface area (Å²) < 4.78 is 0. The molecule has 0 aromatic carbocycles. The van der Waals surface area contributed by atoms with E-state index in [0.717, 1.165) is 24.1 Å². The minimum atomic E-state index is -1.26. The smallest absolute Gasteiger partial charge is 0.174 e. The summed E-state index contributed by atoms with van der Waals surface area (Å²) >= 11 is 0. The summed E-state index contributed by atoms with van der Waals surface area (Å²) in [6.45, 7) is 5.26. The first-order valence-electron chi connectivity index (χ1n) is 8.99. The quantitative estimate of drug-likeness (QED) is 0.521. The Bertz CT molecular complexity index is 457. The van der Waals surface area contributed by atoms with Crippen molar-refractivity contribution < 1.29 is 9.90 Å². The lowest BCUT2D eigenvalue weighted by Gasteiger charge is -2.23. The van der Waals surface area contributed by atoms with Crippen molar-refractivity contribution in [2.24, 2.45) is 0 Å². The normalized spacial score (nSPS) is 11.8. The van der Waals surface area contributed by atoms with Crippen LogP contribution in [-0.4, -0.2) is 26.2 Å². The van der Waals surface area contributed by atoms with Gasteiger partial charge in [-0.25, -0.2) is 0 Å². The molecule has 23 heavy (non-hydrogen) atoms. The van der Waals surface area contributed by atoms with E-state index in [1.807, 2.05) is 0 Å². The fourth-order valence-electron chi connectivity index (χ4n) is 2.43. The van der Waals surface area contributed by atoms with Gasteiger partial charge in [-0.2, -0.15) is 4.80 Å². The van der Waals surface area contributed by atoms with Crippen molar-refractivity contribution in [1.82, 2.24) is 20.2 Å². The van der Waals surface area contributed by atoms with Gasteiger partial charge in [0.15, 0.2) is 5.82 Å². The maximum atomic E-state index is 11.0. The molecule has 0 amide bonds. The predicted molar refractivity (Wildman–Crippen MR) is 87.7 cm³/mol. The highest BCUT2D eigenvalue weighted by molar-refractivity contribution is 5.72. The zero-order valence-corrected chi connectivity index (χ0v) is 14.9. The molecule has 0 atom stereocenters. The van der Waals surface area contributed by atoms with Crippen molar-refractivity contribution >= 4 is 5.97 Å². The molecule has 0 saturated heterocycles. The molecule has 6 heteroatoms. The van der Waals surface area contributed by atoms with Crippen LogP contribution >= 0.6 is 0 Å². The van der Waals surface area contributed by atoms with E-state index in [9.17, 15) is 9.90 Å². The molecule has 0 N–H and O–H groups in total. The van der Waals surface area contributed by atoms with E-state index in [2.05, 4.69) is 22.3 Å². The van der Waals surface area contributed by atoms with E-state index in [0.29, 0.717) is 5.82 Å². The Kier molecular flexibility index (Phi) is 8.81. The van der Waals surface area contributed by atoms with Crippen LogP contribution in [0.3, 0.4) is 0 Å². The maximum absolute atomic E-state index is 11.0. The van der Waals surface area contributed by atoms with Crippen molar-refractivity contribution in [1.29, 1.82) is 0 Å². The largest absolute Gasteiger partial charge is 0.547 e. The van der Waals surface area contributed by atoms with Crippen LogP contribution in [0.4, 0.5) is 0 Å². The molecular weight excluding hydrogens is 292 g/mol. The molecule has 0 fully saturated rings. The summed E-state index contributed by atoms with van der Waals surface area (Å²) in [5.74, 6) is -0.598. The molecule has 1 aromatic rings. The monoisotopic (exact) mass is 323 g/mol. The standard InChI is InChI=1S/C17H32N4O2/c1-4-5-6-7-8-9-10-11-12-13-14-15-18-20-21(19-15)17(2,3)16(22)23/h4-14H2,1-3H3,(H,22,23)/p-1. The topological polar surface area (TPSA) is 83.7 Å². The van der Waals surface area contributed by atoms with Crippen LogP contribution in [0.25, 0.3) is 0 Å². The molecule has 0 unspecified atom stereocenters. The van der Waals surface area contributed by atoms with Gasteiger partial charge in [0.25, 0.3) is 0 Å². The Labute approximate surface area is 139 Å². The van der Waals surface area contributed by atoms with E-state index in [4.69, 9.17) is 0 Å². The minimum absolute atomic E-state index is 0.610. The number of rotatable bonds is 13. The Morgan fingerprint density at radius 2 is 1.52 bits per heavy atom. The molecule has 0 saturated carbocycles. The van der Waals surface area contributed by atoms with Gasteiger partial charge in [0.2, 0.25) is 0 Å². The molecular formula is C17H31N4O2-. The van der Waals surface area contributed by atoms with E-state index >= 15 is 0 Å². The number of unbranched alkanes of at least 4 members (excludes halogenated alkanes) is 9. The van der Waals surface area contributed by atoms with Gasteiger partial charge in [-0.15, -0.1) is 10.2 Å². The summed E-state index contributed by atoms with van der Waals surface area (Å²) in [5.41, 5.74) is -1.26. The molecule has 0 aliphatic carbocycles. The van der Waals surface area contributed by atoms with Crippen LogP contribution in [0.15, 0.2) is 0 Å². The van der Waals surface area contributed by atoms with Crippen LogP contribution in [0.5, 0.6) is 0 Å². The second-order valence-corrected chi connectivity index (χ2v) is 6.77. The first kappa shape index (κ1) is 19.6. The van der Waals surface area contributed by atoms with Gasteiger partial charge in [0.1, 0.15) is 5.54 Å². The first-order chi connectivity index (χ1) is 11.0. The van der Waals surface area contributed by atoms with Gasteiger partial charge >= 0.3 is 0 Å². The number of nitrogens with zero attached hydrogens (tertiary/aromatic N) is 4. The van der Waals surface area contributed by atoms with Gasteiger partial charge in [-0.05, 0) is 25.5 Å². The second kappa shape index (κ2) is 10.3. The highest BCUT2D eigenvalue weighted by Crippen LogP contribution is 2.13. The maximum Gasteiger partial charge on any atom is 0.174 e. The van der Waals surface area contributed by atoms with Crippen molar-refractivity contribution in [3.8, 4) is 0 Å². The van der Waals surface area contributed by atoms with Crippen molar-refractivity contribution in [3.05, 3.63) is 5.82 Å². The van der Waals surface area contributed by atoms with E-state index in [-0.39, 0.29) is 0 Å². The van der Waals surface area contributed by atoms with Crippen molar-refractivity contribution in [2.45, 2.75) is 96.9 Å². The van der Waals surface area contributed by atoms with Crippen molar-refractivity contribution in [3.63, 3.8) is 0 Å². The van der Waals surface area contributed by atoms with Crippen molar-refractivity contribution in [2.75, 3.05) is 0 Å². The number of hydrogen-bond donors (Lipinski definition) is 0. The number of carbonyl (C=O) groups is 1. The number of aromatic nitrogens is 4. The Balaban J connectivity index is 2.11. The predicted octanol–water partition coefficient (Wildman–Crippen LogP) is 2.62. The molecule has 0 bridgehead atoms. The van der Waals surface area contributed by atoms with Gasteiger partial charge in [-0.1, -0.05) is 64.7 Å². The van der Waals surface area contributed by atoms with E-state index in [1.165, 1.54) is 65.2 Å². The highest BCUT2D eigenvalue weighted by Gasteiger charge is 2.25. The minimum Gasteiger partial charge on any atom is -0.547 e. The second-order valence-electron chi connectivity index (χ2n) is 6.77. The summed E-state index contributed by atoms with van der Waals surface area (Å²) in [6.07, 6.45) is 13.6. The molecule has 1 rings (SSSR count). The van der Waals surface area contributed by atoms with E-state index in [1.54, 1.807) is 0 Å². The van der Waals surface area contributed by atoms with Gasteiger partial charge < -0.3 is 9.90 Å². The van der Waals surface area contributed by atoms with Crippen LogP contribution in [0.2, 0.25) is 0 Å². The van der Waals surface area contributed by atoms with Gasteiger partial charge in [-0.3, -0.25) is 0 Å². The Hall–Kier alpha value is -1.46. The van der Waals surface area contributed by atoms with Gasteiger partial charge in [0, 0.05) is 6.42 Å². The molecule has 1 heterocycles. The zero-order valence-electron chi connectivity index (χ0n) is 14.9. The fourth-order valence-corrected chi connectivity index (χ4v) is 2.43. The number of hydrogen-bond acceptors (Lipinski definition) is 5. The molecule has 0 aliphatic rings. The lowest BCUT2D eigenvalue weighted by molar-refractivity contribution is -0.316. The van der Waals surface area contributed by atoms with Crippen LogP contribution in [0.1, 0.15) is 90.8 Å². The van der Waals surface area contributed by atoms with E-state index < -0.39 is 11.5 Å². The number of carboxylic acids is 1. The third-order valence-corrected chi connectivity index (χ3v) is 4.21. The Morgan fingerprint density at radius 1 is 1.00 bits per heavy atom. The summed E-state index contributed by atoms with van der Waals surface area (Å²) in [4.78, 5) is 12.2. The fraction of sp³-hybridized carbons (Fsp3) is 0.882. The lowest BCUT2D eigenvalue weighted by atomic mass is 10.1. The number of aryl methyl sites for hydroxylation is 1. The molecule has 0 spiro atoms. The first-order valence-corrected chi connectivity index (χ1v) is 8.99. The average Bonchev–Trinajstić information content (AvgIpc) is 2.98. The zero-order chi connectivity index (χ0) is 17.1. The van der Waals surface area contributed by atoms with Crippen LogP contribution in [0, 0.1) is 0 Å². The van der Waals surface area contributed by atoms with Crippen LogP contribution < -0.4 is 5.11 Å². The highest BCUT2D eigenvalue weighted by atomic mass is 16.4. The summed E-state index contributed by atoms with van der Waals surface area (Å²) in [5, 5.41) is 22.9. The molecule has 0 radical (unpaired) electrons. The molecule has 6 nitrogen and oxygen atoms in total. The summed E-state index contributed by atoms with van der Waals surface area (Å²) in [6, 6.07) is 0. The average molecular weight is 323 g/mol. The number of carbonyl (C=O) groups excluding carboxylic acids is 1. The number of aliphatic carboxylic acids is 1. The third-order valence-electron chi connectivity index (χ3n) is 4.21. The SMILES string of the molecule is CCCCCCCCCCCCc1nnn(C(C)(C)C(=O)[O-])n1. The number of tetrazole rings is 1. The number of carboxylic acid groups (broad SMARTS) is 1. The van der Waals surface area contributed by atoms with Crippen LogP contribution in [-0.2, 0) is 16.8 Å². The molecule has 132 valence electrons. The molecule has 0 aliphatic heterocycles. The molecule has 1 aromatic heterocycles. The lowest BCUT2D eigenvalue weighted by Crippen LogP contribution is -2.47. The van der Waals surface area contributed by atoms with Gasteiger partial charge in [0.05, 0.1) is 5.97 Å². The summed E-state index contributed by atoms with van der Waals surface area (Å²) in [7, 11) is 0.